The van der Waals surface area contributed by atoms with Gasteiger partial charge in [0, 0.05) is 19.1 Å². The first-order chi connectivity index (χ1) is 8.25. The molecule has 1 saturated heterocycles. The second kappa shape index (κ2) is 4.13. The lowest BCUT2D eigenvalue weighted by Crippen LogP contribution is -2.34. The molecule has 2 atom stereocenters. The molecule has 3 rings (SSSR count). The van der Waals surface area contributed by atoms with Crippen molar-refractivity contribution in [1.82, 2.24) is 14.9 Å². The van der Waals surface area contributed by atoms with Crippen molar-refractivity contribution in [2.45, 2.75) is 24.9 Å². The van der Waals surface area contributed by atoms with E-state index in [-0.39, 0.29) is 6.04 Å². The zero-order chi connectivity index (χ0) is 11.8. The fraction of sp³-hybridized carbons (Fsp3) is 0.462. The van der Waals surface area contributed by atoms with Gasteiger partial charge in [0.05, 0.1) is 17.4 Å². The molecule has 4 nitrogen and oxygen atoms in total. The Labute approximate surface area is 101 Å². The van der Waals surface area contributed by atoms with Crippen molar-refractivity contribution in [2.75, 3.05) is 6.54 Å². The number of aryl methyl sites for hydroxylation is 1. The first kappa shape index (κ1) is 10.7. The third-order valence-corrected chi connectivity index (χ3v) is 3.67. The molecular formula is C13H18N4. The SMILES string of the molecule is Cn1cnc2cc(C(N)C3CCCN3)ccc21. The number of fused-ring (bicyclic) bond motifs is 1. The summed E-state index contributed by atoms with van der Waals surface area (Å²) in [6, 6.07) is 6.82. The molecule has 4 heteroatoms. The van der Waals surface area contributed by atoms with Crippen LogP contribution in [0.1, 0.15) is 24.4 Å². The Hall–Kier alpha value is -1.39. The Bertz CT molecular complexity index is 525. The number of nitrogens with one attached hydrogen (secondary N) is 1. The molecule has 1 aliphatic heterocycles. The summed E-state index contributed by atoms with van der Waals surface area (Å²) in [7, 11) is 2.01. The van der Waals surface area contributed by atoms with Crippen LogP contribution in [0.4, 0.5) is 0 Å². The zero-order valence-corrected chi connectivity index (χ0v) is 10.1. The lowest BCUT2D eigenvalue weighted by molar-refractivity contribution is 0.501. The van der Waals surface area contributed by atoms with E-state index >= 15 is 0 Å². The third-order valence-electron chi connectivity index (χ3n) is 3.67. The van der Waals surface area contributed by atoms with E-state index in [0.717, 1.165) is 17.6 Å². The first-order valence-corrected chi connectivity index (χ1v) is 6.15. The van der Waals surface area contributed by atoms with Crippen LogP contribution in [0.5, 0.6) is 0 Å². The number of hydrogen-bond donors (Lipinski definition) is 2. The Kier molecular flexibility index (Phi) is 2.61. The smallest absolute Gasteiger partial charge is 0.0955 e. The number of nitrogens with zero attached hydrogens (tertiary/aromatic N) is 2. The van der Waals surface area contributed by atoms with Gasteiger partial charge in [-0.1, -0.05) is 6.07 Å². The van der Waals surface area contributed by atoms with Gasteiger partial charge in [0.15, 0.2) is 0 Å². The summed E-state index contributed by atoms with van der Waals surface area (Å²) in [4.78, 5) is 4.37. The van der Waals surface area contributed by atoms with Gasteiger partial charge in [0.1, 0.15) is 0 Å². The van der Waals surface area contributed by atoms with Crippen LogP contribution in [0.25, 0.3) is 11.0 Å². The van der Waals surface area contributed by atoms with E-state index in [9.17, 15) is 0 Å². The Balaban J connectivity index is 1.94. The quantitative estimate of drug-likeness (QED) is 0.818. The number of hydrogen-bond acceptors (Lipinski definition) is 3. The number of rotatable bonds is 2. The van der Waals surface area contributed by atoms with Crippen molar-refractivity contribution in [3.8, 4) is 0 Å². The predicted octanol–water partition coefficient (Wildman–Crippen LogP) is 1.33. The number of benzene rings is 1. The van der Waals surface area contributed by atoms with Crippen molar-refractivity contribution >= 4 is 11.0 Å². The molecular weight excluding hydrogens is 212 g/mol. The average molecular weight is 230 g/mol. The van der Waals surface area contributed by atoms with Gasteiger partial charge in [-0.2, -0.15) is 0 Å². The zero-order valence-electron chi connectivity index (χ0n) is 10.1. The van der Waals surface area contributed by atoms with Crippen LogP contribution in [-0.4, -0.2) is 22.1 Å². The topological polar surface area (TPSA) is 55.9 Å². The van der Waals surface area contributed by atoms with Gasteiger partial charge in [-0.05, 0) is 37.1 Å². The highest BCUT2D eigenvalue weighted by molar-refractivity contribution is 5.76. The molecule has 3 N–H and O–H groups in total. The lowest BCUT2D eigenvalue weighted by Gasteiger charge is -2.19. The molecule has 0 aliphatic carbocycles. The van der Waals surface area contributed by atoms with E-state index < -0.39 is 0 Å². The van der Waals surface area contributed by atoms with Crippen molar-refractivity contribution in [2.24, 2.45) is 12.8 Å². The normalized spacial score (nSPS) is 22.1. The average Bonchev–Trinajstić information content (AvgIpc) is 2.98. The molecule has 1 fully saturated rings. The highest BCUT2D eigenvalue weighted by atomic mass is 15.0. The molecule has 0 amide bonds. The molecule has 0 saturated carbocycles. The van der Waals surface area contributed by atoms with Gasteiger partial charge in [-0.3, -0.25) is 0 Å². The fourth-order valence-corrected chi connectivity index (χ4v) is 2.61. The summed E-state index contributed by atoms with van der Waals surface area (Å²) < 4.78 is 2.03. The molecule has 2 unspecified atom stereocenters. The molecule has 1 aliphatic rings. The summed E-state index contributed by atoms with van der Waals surface area (Å²) in [5.74, 6) is 0. The second-order valence-corrected chi connectivity index (χ2v) is 4.83. The van der Waals surface area contributed by atoms with Crippen molar-refractivity contribution in [1.29, 1.82) is 0 Å². The summed E-state index contributed by atoms with van der Waals surface area (Å²) in [5, 5.41) is 3.46. The molecule has 2 aromatic rings. The molecule has 1 aromatic heterocycles. The standard InChI is InChI=1S/C13H18N4/c1-17-8-16-11-7-9(4-5-12(11)17)13(14)10-3-2-6-15-10/h4-5,7-8,10,13,15H,2-3,6,14H2,1H3. The van der Waals surface area contributed by atoms with Crippen molar-refractivity contribution in [3.63, 3.8) is 0 Å². The largest absolute Gasteiger partial charge is 0.334 e. The van der Waals surface area contributed by atoms with Gasteiger partial charge >= 0.3 is 0 Å². The Morgan fingerprint density at radius 3 is 3.18 bits per heavy atom. The maximum absolute atomic E-state index is 6.30. The molecule has 0 bridgehead atoms. The van der Waals surface area contributed by atoms with Gasteiger partial charge in [-0.15, -0.1) is 0 Å². The van der Waals surface area contributed by atoms with Crippen LogP contribution >= 0.6 is 0 Å². The number of nitrogens with two attached hydrogens (primary N) is 1. The van der Waals surface area contributed by atoms with Crippen LogP contribution in [0.3, 0.4) is 0 Å². The van der Waals surface area contributed by atoms with Crippen molar-refractivity contribution < 1.29 is 0 Å². The molecule has 90 valence electrons. The minimum atomic E-state index is 0.0731. The molecule has 1 aromatic carbocycles. The van der Waals surface area contributed by atoms with Gasteiger partial charge < -0.3 is 15.6 Å². The fourth-order valence-electron chi connectivity index (χ4n) is 2.61. The predicted molar refractivity (Wildman–Crippen MR) is 68.7 cm³/mol. The van der Waals surface area contributed by atoms with E-state index in [4.69, 9.17) is 5.73 Å². The van der Waals surface area contributed by atoms with Gasteiger partial charge in [0.2, 0.25) is 0 Å². The molecule has 17 heavy (non-hydrogen) atoms. The Morgan fingerprint density at radius 2 is 2.41 bits per heavy atom. The van der Waals surface area contributed by atoms with Gasteiger partial charge in [-0.25, -0.2) is 4.98 Å². The van der Waals surface area contributed by atoms with E-state index in [1.54, 1.807) is 0 Å². The third kappa shape index (κ3) is 1.83. The monoisotopic (exact) mass is 230 g/mol. The summed E-state index contributed by atoms with van der Waals surface area (Å²) in [6.07, 6.45) is 4.24. The minimum absolute atomic E-state index is 0.0731. The summed E-state index contributed by atoms with van der Waals surface area (Å²) in [6.45, 7) is 1.09. The highest BCUT2D eigenvalue weighted by Crippen LogP contribution is 2.23. The van der Waals surface area contributed by atoms with Crippen LogP contribution in [-0.2, 0) is 7.05 Å². The van der Waals surface area contributed by atoms with Crippen LogP contribution in [0.15, 0.2) is 24.5 Å². The van der Waals surface area contributed by atoms with E-state index in [1.807, 2.05) is 17.9 Å². The maximum Gasteiger partial charge on any atom is 0.0955 e. The van der Waals surface area contributed by atoms with E-state index in [1.165, 1.54) is 18.4 Å². The van der Waals surface area contributed by atoms with Crippen LogP contribution < -0.4 is 11.1 Å². The van der Waals surface area contributed by atoms with Crippen molar-refractivity contribution in [3.05, 3.63) is 30.1 Å². The van der Waals surface area contributed by atoms with E-state index in [2.05, 4.69) is 28.5 Å². The van der Waals surface area contributed by atoms with Crippen LogP contribution in [0, 0.1) is 0 Å². The molecule has 0 spiro atoms. The first-order valence-electron chi connectivity index (χ1n) is 6.15. The lowest BCUT2D eigenvalue weighted by atomic mass is 9.98. The Morgan fingerprint density at radius 1 is 1.53 bits per heavy atom. The van der Waals surface area contributed by atoms with Crippen LogP contribution in [0.2, 0.25) is 0 Å². The van der Waals surface area contributed by atoms with Gasteiger partial charge in [0.25, 0.3) is 0 Å². The number of aromatic nitrogens is 2. The minimum Gasteiger partial charge on any atom is -0.334 e. The molecule has 2 heterocycles. The molecule has 0 radical (unpaired) electrons. The highest BCUT2D eigenvalue weighted by Gasteiger charge is 2.22. The maximum atomic E-state index is 6.30. The number of imidazole rings is 1. The summed E-state index contributed by atoms with van der Waals surface area (Å²) >= 11 is 0. The second-order valence-electron chi connectivity index (χ2n) is 4.83. The summed E-state index contributed by atoms with van der Waals surface area (Å²) in [5.41, 5.74) is 9.66. The van der Waals surface area contributed by atoms with E-state index in [0.29, 0.717) is 6.04 Å².